The number of benzene rings is 1. The average Bonchev–Trinajstić information content (AvgIpc) is 2.45. The van der Waals surface area contributed by atoms with Crippen molar-refractivity contribution in [2.24, 2.45) is 0 Å². The number of nitrogens with zero attached hydrogens (tertiary/aromatic N) is 1. The summed E-state index contributed by atoms with van der Waals surface area (Å²) in [7, 11) is 0. The highest BCUT2D eigenvalue weighted by Crippen LogP contribution is 2.05. The van der Waals surface area contributed by atoms with Crippen LogP contribution in [0.5, 0.6) is 0 Å². The van der Waals surface area contributed by atoms with Gasteiger partial charge in [0.25, 0.3) is 5.91 Å². The number of aromatic carboxylic acids is 1. The van der Waals surface area contributed by atoms with Crippen molar-refractivity contribution in [3.8, 4) is 0 Å². The van der Waals surface area contributed by atoms with Gasteiger partial charge in [0.15, 0.2) is 0 Å². The minimum atomic E-state index is -0.968. The van der Waals surface area contributed by atoms with E-state index in [2.05, 4.69) is 10.3 Å². The molecule has 0 bridgehead atoms. The van der Waals surface area contributed by atoms with E-state index in [4.69, 9.17) is 5.11 Å². The first-order chi connectivity index (χ1) is 9.56. The third-order valence-corrected chi connectivity index (χ3v) is 2.77. The molecule has 2 aromatic rings. The van der Waals surface area contributed by atoms with Crippen LogP contribution in [0.3, 0.4) is 0 Å². The normalized spacial score (nSPS) is 10.1. The molecular formula is C15H14N2O3. The molecule has 2 N–H and O–H groups in total. The zero-order valence-corrected chi connectivity index (χ0v) is 11.0. The third kappa shape index (κ3) is 3.41. The molecule has 2 rings (SSSR count). The number of nitrogens with one attached hydrogen (secondary N) is 1. The van der Waals surface area contributed by atoms with Gasteiger partial charge < -0.3 is 10.4 Å². The van der Waals surface area contributed by atoms with E-state index in [0.29, 0.717) is 12.2 Å². The summed E-state index contributed by atoms with van der Waals surface area (Å²) >= 11 is 0. The Hall–Kier alpha value is -2.69. The van der Waals surface area contributed by atoms with Crippen LogP contribution in [-0.4, -0.2) is 22.0 Å². The van der Waals surface area contributed by atoms with Gasteiger partial charge in [-0.1, -0.05) is 18.2 Å². The van der Waals surface area contributed by atoms with Gasteiger partial charge in [0.2, 0.25) is 0 Å². The van der Waals surface area contributed by atoms with Crippen LogP contribution in [-0.2, 0) is 6.54 Å². The van der Waals surface area contributed by atoms with Crippen molar-refractivity contribution in [3.63, 3.8) is 0 Å². The van der Waals surface area contributed by atoms with Gasteiger partial charge >= 0.3 is 5.97 Å². The van der Waals surface area contributed by atoms with Gasteiger partial charge in [-0.05, 0) is 36.8 Å². The van der Waals surface area contributed by atoms with Crippen molar-refractivity contribution >= 4 is 11.9 Å². The van der Waals surface area contributed by atoms with Crippen LogP contribution in [0.15, 0.2) is 42.5 Å². The molecule has 0 saturated carbocycles. The lowest BCUT2D eigenvalue weighted by atomic mass is 10.1. The first kappa shape index (κ1) is 13.7. The third-order valence-electron chi connectivity index (χ3n) is 2.77. The zero-order valence-electron chi connectivity index (χ0n) is 11.0. The quantitative estimate of drug-likeness (QED) is 0.890. The molecule has 0 fully saturated rings. The summed E-state index contributed by atoms with van der Waals surface area (Å²) in [5.41, 5.74) is 2.20. The molecule has 0 spiro atoms. The Kier molecular flexibility index (Phi) is 4.10. The van der Waals surface area contributed by atoms with Gasteiger partial charge in [0.05, 0.1) is 5.56 Å². The summed E-state index contributed by atoms with van der Waals surface area (Å²) in [6.45, 7) is 2.15. The Morgan fingerprint density at radius 1 is 1.15 bits per heavy atom. The van der Waals surface area contributed by atoms with Crippen LogP contribution >= 0.6 is 0 Å². The Labute approximate surface area is 116 Å². The summed E-state index contributed by atoms with van der Waals surface area (Å²) in [6, 6.07) is 11.6. The number of hydrogen-bond donors (Lipinski definition) is 2. The summed E-state index contributed by atoms with van der Waals surface area (Å²) in [5.74, 6) is -1.22. The molecule has 5 heteroatoms. The highest BCUT2D eigenvalue weighted by atomic mass is 16.4. The molecule has 20 heavy (non-hydrogen) atoms. The second kappa shape index (κ2) is 5.97. The number of carbonyl (C=O) groups is 2. The average molecular weight is 270 g/mol. The van der Waals surface area contributed by atoms with Gasteiger partial charge in [0.1, 0.15) is 5.69 Å². The van der Waals surface area contributed by atoms with Gasteiger partial charge in [-0.15, -0.1) is 0 Å². The fourth-order valence-electron chi connectivity index (χ4n) is 1.71. The maximum atomic E-state index is 11.9. The molecule has 1 heterocycles. The van der Waals surface area contributed by atoms with Gasteiger partial charge in [-0.3, -0.25) is 4.79 Å². The maximum absolute atomic E-state index is 11.9. The van der Waals surface area contributed by atoms with Crippen molar-refractivity contribution in [2.75, 3.05) is 0 Å². The number of amides is 1. The Morgan fingerprint density at radius 3 is 2.45 bits per heavy atom. The van der Waals surface area contributed by atoms with Crippen LogP contribution in [0.1, 0.15) is 32.1 Å². The van der Waals surface area contributed by atoms with E-state index in [0.717, 1.165) is 11.3 Å². The smallest absolute Gasteiger partial charge is 0.335 e. The predicted molar refractivity (Wildman–Crippen MR) is 73.5 cm³/mol. The fourth-order valence-corrected chi connectivity index (χ4v) is 1.71. The molecule has 5 nitrogen and oxygen atoms in total. The predicted octanol–water partition coefficient (Wildman–Crippen LogP) is 2.02. The summed E-state index contributed by atoms with van der Waals surface area (Å²) in [5, 5.41) is 11.5. The van der Waals surface area contributed by atoms with Crippen molar-refractivity contribution < 1.29 is 14.7 Å². The highest BCUT2D eigenvalue weighted by Gasteiger charge is 2.07. The fraction of sp³-hybridized carbons (Fsp3) is 0.133. The molecular weight excluding hydrogens is 256 g/mol. The van der Waals surface area contributed by atoms with Crippen LogP contribution in [0.4, 0.5) is 0 Å². The molecule has 0 atom stereocenters. The van der Waals surface area contributed by atoms with E-state index in [1.54, 1.807) is 24.3 Å². The molecule has 0 aliphatic rings. The van der Waals surface area contributed by atoms with Crippen LogP contribution in [0.2, 0.25) is 0 Å². The largest absolute Gasteiger partial charge is 0.478 e. The number of pyridine rings is 1. The van der Waals surface area contributed by atoms with Crippen molar-refractivity contribution in [1.82, 2.24) is 10.3 Å². The maximum Gasteiger partial charge on any atom is 0.335 e. The second-order valence-electron chi connectivity index (χ2n) is 4.35. The number of aryl methyl sites for hydroxylation is 1. The number of carbonyl (C=O) groups excluding carboxylic acids is 1. The first-order valence-corrected chi connectivity index (χ1v) is 6.10. The van der Waals surface area contributed by atoms with Crippen molar-refractivity contribution in [3.05, 3.63) is 65.0 Å². The molecule has 1 aromatic carbocycles. The highest BCUT2D eigenvalue weighted by molar-refractivity contribution is 5.92. The number of carboxylic acids is 1. The number of carboxylic acid groups (broad SMARTS) is 1. The Morgan fingerprint density at radius 2 is 1.85 bits per heavy atom. The van der Waals surface area contributed by atoms with E-state index in [1.807, 2.05) is 13.0 Å². The van der Waals surface area contributed by atoms with Crippen LogP contribution < -0.4 is 5.32 Å². The minimum Gasteiger partial charge on any atom is -0.478 e. The summed E-state index contributed by atoms with van der Waals surface area (Å²) in [6.07, 6.45) is 0. The molecule has 0 radical (unpaired) electrons. The monoisotopic (exact) mass is 270 g/mol. The lowest BCUT2D eigenvalue weighted by Gasteiger charge is -2.05. The standard InChI is InChI=1S/C15H14N2O3/c1-10-3-2-4-13(17-10)14(18)16-9-11-5-7-12(8-6-11)15(19)20/h2-8H,9H2,1H3,(H,16,18)(H,19,20). The molecule has 0 saturated heterocycles. The number of rotatable bonds is 4. The zero-order chi connectivity index (χ0) is 14.5. The lowest BCUT2D eigenvalue weighted by Crippen LogP contribution is -2.23. The molecule has 102 valence electrons. The molecule has 0 aliphatic heterocycles. The number of aromatic nitrogens is 1. The Balaban J connectivity index is 1.98. The molecule has 1 amide bonds. The molecule has 1 aromatic heterocycles. The minimum absolute atomic E-state index is 0.223. The van der Waals surface area contributed by atoms with E-state index in [1.165, 1.54) is 12.1 Å². The summed E-state index contributed by atoms with van der Waals surface area (Å²) in [4.78, 5) is 26.7. The lowest BCUT2D eigenvalue weighted by molar-refractivity contribution is 0.0696. The second-order valence-corrected chi connectivity index (χ2v) is 4.35. The van der Waals surface area contributed by atoms with E-state index in [-0.39, 0.29) is 11.5 Å². The topological polar surface area (TPSA) is 79.3 Å². The molecule has 0 unspecified atom stereocenters. The van der Waals surface area contributed by atoms with Crippen molar-refractivity contribution in [1.29, 1.82) is 0 Å². The van der Waals surface area contributed by atoms with Gasteiger partial charge in [-0.25, -0.2) is 9.78 Å². The molecule has 0 aliphatic carbocycles. The van der Waals surface area contributed by atoms with Gasteiger partial charge in [-0.2, -0.15) is 0 Å². The van der Waals surface area contributed by atoms with Crippen LogP contribution in [0, 0.1) is 6.92 Å². The number of hydrogen-bond acceptors (Lipinski definition) is 3. The summed E-state index contributed by atoms with van der Waals surface area (Å²) < 4.78 is 0. The van der Waals surface area contributed by atoms with Crippen LogP contribution in [0.25, 0.3) is 0 Å². The SMILES string of the molecule is Cc1cccc(C(=O)NCc2ccc(C(=O)O)cc2)n1. The van der Waals surface area contributed by atoms with Crippen molar-refractivity contribution in [2.45, 2.75) is 13.5 Å². The first-order valence-electron chi connectivity index (χ1n) is 6.10. The Bertz CT molecular complexity index is 636. The van der Waals surface area contributed by atoms with E-state index < -0.39 is 5.97 Å². The van der Waals surface area contributed by atoms with E-state index >= 15 is 0 Å². The van der Waals surface area contributed by atoms with E-state index in [9.17, 15) is 9.59 Å². The van der Waals surface area contributed by atoms with Gasteiger partial charge in [0, 0.05) is 12.2 Å².